The lowest BCUT2D eigenvalue weighted by molar-refractivity contribution is -0.153. The number of phenolic OH excluding ortho intramolecular Hbond substituents is 1. The molecule has 1 fully saturated rings. The number of aromatic hydroxyl groups is 1. The number of amides is 1. The summed E-state index contributed by atoms with van der Waals surface area (Å²) in [5, 5.41) is 48.1. The lowest BCUT2D eigenvalue weighted by atomic mass is 9.57. The second-order valence-electron chi connectivity index (χ2n) is 10.9. The summed E-state index contributed by atoms with van der Waals surface area (Å²) in [6.45, 7) is 5.27. The molecule has 0 spiro atoms. The molecule has 7 N–H and O–H groups in total. The molecule has 206 valence electrons. The molecule has 1 saturated carbocycles. The third-order valence-electron chi connectivity index (χ3n) is 7.82. The topological polar surface area (TPSA) is 183 Å². The van der Waals surface area contributed by atoms with Gasteiger partial charge < -0.3 is 36.2 Å². The SMILES string of the molecule is COc1c(CNCC(C)C)cc(O)c2c1C[C@H]1C[C@H]3[C@H](N(C)C)C(=O)C(C(N)=O)=C(O)[C@@]3(O)C(=O)C1=C2O. The first-order chi connectivity index (χ1) is 17.8. The van der Waals surface area contributed by atoms with Crippen LogP contribution in [0.5, 0.6) is 11.5 Å². The van der Waals surface area contributed by atoms with Crippen molar-refractivity contribution in [1.29, 1.82) is 0 Å². The molecule has 11 heteroatoms. The van der Waals surface area contributed by atoms with Gasteiger partial charge in [-0.15, -0.1) is 0 Å². The number of aliphatic hydroxyl groups is 3. The summed E-state index contributed by atoms with van der Waals surface area (Å²) in [4.78, 5) is 40.6. The van der Waals surface area contributed by atoms with Crippen LogP contribution in [0.1, 0.15) is 37.0 Å². The molecule has 1 aromatic rings. The van der Waals surface area contributed by atoms with E-state index in [4.69, 9.17) is 10.5 Å². The van der Waals surface area contributed by atoms with Crippen molar-refractivity contribution in [3.05, 3.63) is 39.7 Å². The molecule has 0 unspecified atom stereocenters. The van der Waals surface area contributed by atoms with Crippen LogP contribution in [0.25, 0.3) is 5.76 Å². The van der Waals surface area contributed by atoms with Crippen LogP contribution < -0.4 is 15.8 Å². The number of primary amides is 1. The first-order valence-electron chi connectivity index (χ1n) is 12.5. The molecule has 1 amide bonds. The summed E-state index contributed by atoms with van der Waals surface area (Å²) >= 11 is 0. The minimum absolute atomic E-state index is 0.00532. The van der Waals surface area contributed by atoms with E-state index in [0.29, 0.717) is 29.3 Å². The molecule has 3 aliphatic rings. The van der Waals surface area contributed by atoms with Crippen molar-refractivity contribution < 1.29 is 39.5 Å². The molecule has 0 bridgehead atoms. The van der Waals surface area contributed by atoms with Crippen molar-refractivity contribution in [1.82, 2.24) is 10.2 Å². The van der Waals surface area contributed by atoms with Gasteiger partial charge in [0.05, 0.1) is 18.7 Å². The number of hydrogen-bond acceptors (Lipinski definition) is 10. The first-order valence-corrected chi connectivity index (χ1v) is 12.5. The van der Waals surface area contributed by atoms with Crippen LogP contribution in [-0.2, 0) is 27.3 Å². The van der Waals surface area contributed by atoms with Gasteiger partial charge in [0.1, 0.15) is 28.6 Å². The molecule has 0 heterocycles. The Morgan fingerprint density at radius 1 is 1.26 bits per heavy atom. The average molecular weight is 530 g/mol. The van der Waals surface area contributed by atoms with Gasteiger partial charge >= 0.3 is 0 Å². The third-order valence-corrected chi connectivity index (χ3v) is 7.82. The van der Waals surface area contributed by atoms with Gasteiger partial charge in [-0.25, -0.2) is 0 Å². The molecule has 3 aliphatic carbocycles. The fourth-order valence-corrected chi connectivity index (χ4v) is 6.24. The first kappa shape index (κ1) is 27.6. The van der Waals surface area contributed by atoms with Crippen LogP contribution in [0, 0.1) is 17.8 Å². The van der Waals surface area contributed by atoms with Crippen molar-refractivity contribution in [2.75, 3.05) is 27.7 Å². The van der Waals surface area contributed by atoms with Crippen molar-refractivity contribution >= 4 is 23.2 Å². The number of methoxy groups -OCH3 is 1. The van der Waals surface area contributed by atoms with Gasteiger partial charge in [-0.2, -0.15) is 0 Å². The molecule has 0 aliphatic heterocycles. The molecule has 0 saturated heterocycles. The highest BCUT2D eigenvalue weighted by atomic mass is 16.5. The Hall–Kier alpha value is -3.41. The maximum absolute atomic E-state index is 13.9. The zero-order valence-corrected chi connectivity index (χ0v) is 22.2. The average Bonchev–Trinajstić information content (AvgIpc) is 2.80. The van der Waals surface area contributed by atoms with Gasteiger partial charge in [0.15, 0.2) is 11.4 Å². The van der Waals surface area contributed by atoms with E-state index in [1.807, 2.05) is 0 Å². The summed E-state index contributed by atoms with van der Waals surface area (Å²) in [5.41, 5.74) is 2.83. The number of benzene rings is 1. The second kappa shape index (κ2) is 9.72. The Morgan fingerprint density at radius 2 is 1.92 bits per heavy atom. The molecule has 0 aromatic heterocycles. The number of nitrogens with one attached hydrogen (secondary N) is 1. The smallest absolute Gasteiger partial charge is 0.255 e. The highest BCUT2D eigenvalue weighted by molar-refractivity contribution is 6.24. The number of Topliss-reactive ketones (excluding diaryl/α,β-unsaturated/α-hetero) is 2. The van der Waals surface area contributed by atoms with E-state index in [9.17, 15) is 34.8 Å². The summed E-state index contributed by atoms with van der Waals surface area (Å²) in [6, 6.07) is 0.325. The molecule has 4 atom stereocenters. The monoisotopic (exact) mass is 529 g/mol. The van der Waals surface area contributed by atoms with E-state index in [1.54, 1.807) is 14.1 Å². The fourth-order valence-electron chi connectivity index (χ4n) is 6.24. The van der Waals surface area contributed by atoms with Crippen molar-refractivity contribution in [3.8, 4) is 11.5 Å². The van der Waals surface area contributed by atoms with Crippen LogP contribution in [0.15, 0.2) is 23.0 Å². The standard InChI is InChI=1S/C27H35N3O8/c1-11(2)9-29-10-13-8-16(31)18-14(23(13)38-5)6-12-7-15-20(30(3)4)22(33)19(26(28)36)25(35)27(15,37)24(34)17(12)21(18)32/h8,11-12,15,20,29,31-32,35,37H,6-7,9-10H2,1-5H3,(H2,28,36)/t12-,15-,20-,27-/m0/s1. The van der Waals surface area contributed by atoms with Crippen LogP contribution >= 0.6 is 0 Å². The summed E-state index contributed by atoms with van der Waals surface area (Å²) < 4.78 is 5.69. The van der Waals surface area contributed by atoms with Crippen LogP contribution in [-0.4, -0.2) is 82.2 Å². The fraction of sp³-hybridized carbons (Fsp3) is 0.519. The predicted octanol–water partition coefficient (Wildman–Crippen LogP) is 0.718. The number of carbonyl (C=O) groups is 3. The van der Waals surface area contributed by atoms with Crippen LogP contribution in [0.3, 0.4) is 0 Å². The molecular weight excluding hydrogens is 494 g/mol. The molecular formula is C27H35N3O8. The van der Waals surface area contributed by atoms with E-state index >= 15 is 0 Å². The number of likely N-dealkylation sites (N-methyl/N-ethyl adjacent to an activating group) is 1. The van der Waals surface area contributed by atoms with Crippen LogP contribution in [0.4, 0.5) is 0 Å². The number of carbonyl (C=O) groups excluding carboxylic acids is 3. The van der Waals surface area contributed by atoms with E-state index in [2.05, 4.69) is 19.2 Å². The summed E-state index contributed by atoms with van der Waals surface area (Å²) in [6.07, 6.45) is 0.189. The maximum atomic E-state index is 13.9. The van der Waals surface area contributed by atoms with E-state index in [1.165, 1.54) is 18.1 Å². The second-order valence-corrected chi connectivity index (χ2v) is 10.9. The lowest BCUT2D eigenvalue weighted by Gasteiger charge is -2.50. The van der Waals surface area contributed by atoms with E-state index in [0.717, 1.165) is 6.54 Å². The van der Waals surface area contributed by atoms with Gasteiger partial charge in [-0.1, -0.05) is 13.8 Å². The zero-order chi connectivity index (χ0) is 28.3. The Morgan fingerprint density at radius 3 is 2.47 bits per heavy atom. The molecule has 11 nitrogen and oxygen atoms in total. The summed E-state index contributed by atoms with van der Waals surface area (Å²) in [5.74, 6) is -5.96. The number of nitrogens with two attached hydrogens (primary N) is 1. The molecule has 1 aromatic carbocycles. The Labute approximate surface area is 220 Å². The number of nitrogens with zero attached hydrogens (tertiary/aromatic N) is 1. The lowest BCUT2D eigenvalue weighted by Crippen LogP contribution is -2.65. The Bertz CT molecular complexity index is 1280. The zero-order valence-electron chi connectivity index (χ0n) is 22.2. The number of ether oxygens (including phenoxy) is 1. The predicted molar refractivity (Wildman–Crippen MR) is 137 cm³/mol. The van der Waals surface area contributed by atoms with Gasteiger partial charge in [0, 0.05) is 29.2 Å². The normalized spacial score (nSPS) is 27.0. The largest absolute Gasteiger partial charge is 0.508 e. The van der Waals surface area contributed by atoms with Crippen LogP contribution in [0.2, 0.25) is 0 Å². The number of hydrogen-bond donors (Lipinski definition) is 6. The minimum atomic E-state index is -2.66. The Balaban J connectivity index is 1.89. The van der Waals surface area contributed by atoms with Gasteiger partial charge in [-0.3, -0.25) is 19.3 Å². The summed E-state index contributed by atoms with van der Waals surface area (Å²) in [7, 11) is 4.60. The maximum Gasteiger partial charge on any atom is 0.255 e. The van der Waals surface area contributed by atoms with Crippen molar-refractivity contribution in [3.63, 3.8) is 0 Å². The molecule has 4 rings (SSSR count). The number of ketones is 2. The molecule has 0 radical (unpaired) electrons. The minimum Gasteiger partial charge on any atom is -0.508 e. The number of aliphatic hydroxyl groups excluding tert-OH is 2. The highest BCUT2D eigenvalue weighted by Gasteiger charge is 2.64. The van der Waals surface area contributed by atoms with E-state index in [-0.39, 0.29) is 29.7 Å². The van der Waals surface area contributed by atoms with Gasteiger partial charge in [-0.05, 0) is 51.4 Å². The number of rotatable bonds is 7. The van der Waals surface area contributed by atoms with Gasteiger partial charge in [0.25, 0.3) is 5.91 Å². The quantitative estimate of drug-likeness (QED) is 0.275. The van der Waals surface area contributed by atoms with Crippen molar-refractivity contribution in [2.45, 2.75) is 44.9 Å². The molecule has 38 heavy (non-hydrogen) atoms. The van der Waals surface area contributed by atoms with Gasteiger partial charge in [0.2, 0.25) is 5.78 Å². The third kappa shape index (κ3) is 3.96. The Kier molecular flexibility index (Phi) is 7.06. The van der Waals surface area contributed by atoms with Crippen molar-refractivity contribution in [2.24, 2.45) is 23.5 Å². The van der Waals surface area contributed by atoms with E-state index < -0.39 is 58.0 Å². The number of phenols is 1. The number of fused-ring (bicyclic) bond motifs is 3. The highest BCUT2D eigenvalue weighted by Crippen LogP contribution is 2.54.